The summed E-state index contributed by atoms with van der Waals surface area (Å²) in [7, 11) is 0. The summed E-state index contributed by atoms with van der Waals surface area (Å²) in [6.07, 6.45) is -0.477. The highest BCUT2D eigenvalue weighted by atomic mass is 79.9. The Morgan fingerprint density at radius 3 is 2.65 bits per heavy atom. The Labute approximate surface area is 124 Å². The Bertz CT molecular complexity index is 564. The van der Waals surface area contributed by atoms with Crippen LogP contribution < -0.4 is 0 Å². The molecule has 0 aliphatic carbocycles. The molecule has 8 nitrogen and oxygen atoms in total. The molecule has 2 heterocycles. The largest absolute Gasteiger partial charge is 0.444 e. The lowest BCUT2D eigenvalue weighted by atomic mass is 10.2. The lowest BCUT2D eigenvalue weighted by Gasteiger charge is -2.29. The molecule has 0 fully saturated rings. The molecule has 0 saturated heterocycles. The van der Waals surface area contributed by atoms with Crippen molar-refractivity contribution < 1.29 is 14.5 Å². The average molecular weight is 347 g/mol. The van der Waals surface area contributed by atoms with Crippen LogP contribution in [-0.2, 0) is 17.8 Å². The monoisotopic (exact) mass is 346 g/mol. The van der Waals surface area contributed by atoms with Crippen LogP contribution in [0.2, 0.25) is 0 Å². The van der Waals surface area contributed by atoms with Gasteiger partial charge in [0.05, 0.1) is 18.0 Å². The highest BCUT2D eigenvalue weighted by Gasteiger charge is 2.33. The van der Waals surface area contributed by atoms with Gasteiger partial charge in [0.25, 0.3) is 0 Å². The minimum atomic E-state index is -0.596. The van der Waals surface area contributed by atoms with Gasteiger partial charge >= 0.3 is 11.8 Å². The van der Waals surface area contributed by atoms with Crippen LogP contribution in [0.3, 0.4) is 0 Å². The van der Waals surface area contributed by atoms with E-state index in [1.54, 1.807) is 25.5 Å². The first-order chi connectivity index (χ1) is 9.19. The molecule has 0 unspecified atom stereocenters. The molecule has 0 saturated carbocycles. The van der Waals surface area contributed by atoms with Crippen molar-refractivity contribution in [3.05, 3.63) is 20.4 Å². The fourth-order valence-electron chi connectivity index (χ4n) is 1.93. The van der Waals surface area contributed by atoms with Crippen molar-refractivity contribution in [1.82, 2.24) is 14.7 Å². The van der Waals surface area contributed by atoms with E-state index in [1.165, 1.54) is 4.90 Å². The van der Waals surface area contributed by atoms with Crippen molar-refractivity contribution in [2.24, 2.45) is 0 Å². The second kappa shape index (κ2) is 5.04. The quantitative estimate of drug-likeness (QED) is 0.574. The number of amides is 1. The third-order valence-corrected chi connectivity index (χ3v) is 3.28. The van der Waals surface area contributed by atoms with Crippen LogP contribution in [-0.4, -0.2) is 37.8 Å². The summed E-state index contributed by atoms with van der Waals surface area (Å²) in [5.74, 6) is 0. The zero-order valence-corrected chi connectivity index (χ0v) is 13.0. The SMILES string of the molecule is CC(C)(C)OC(=O)N1CCn2nc(Br)c([N+](=O)[O-])c2C1. The number of carbonyl (C=O) groups excluding carboxylic acids is 1. The van der Waals surface area contributed by atoms with Crippen LogP contribution in [0.1, 0.15) is 26.5 Å². The number of rotatable bonds is 1. The van der Waals surface area contributed by atoms with E-state index in [0.29, 0.717) is 18.8 Å². The number of fused-ring (bicyclic) bond motifs is 1. The van der Waals surface area contributed by atoms with Crippen LogP contribution >= 0.6 is 15.9 Å². The summed E-state index contributed by atoms with van der Waals surface area (Å²) in [4.78, 5) is 24.0. The molecule has 0 radical (unpaired) electrons. The van der Waals surface area contributed by atoms with Crippen molar-refractivity contribution in [1.29, 1.82) is 0 Å². The zero-order valence-electron chi connectivity index (χ0n) is 11.4. The molecule has 0 bridgehead atoms. The molecule has 20 heavy (non-hydrogen) atoms. The summed E-state index contributed by atoms with van der Waals surface area (Å²) in [6, 6.07) is 0. The minimum absolute atomic E-state index is 0.0988. The second-order valence-electron chi connectivity index (χ2n) is 5.47. The molecular weight excluding hydrogens is 332 g/mol. The number of halogens is 1. The van der Waals surface area contributed by atoms with E-state index in [4.69, 9.17) is 4.74 Å². The van der Waals surface area contributed by atoms with E-state index in [0.717, 1.165) is 0 Å². The molecule has 1 aromatic heterocycles. The van der Waals surface area contributed by atoms with E-state index in [2.05, 4.69) is 21.0 Å². The third kappa shape index (κ3) is 2.92. The summed E-state index contributed by atoms with van der Waals surface area (Å²) in [6.45, 7) is 6.26. The number of nitrogens with zero attached hydrogens (tertiary/aromatic N) is 4. The van der Waals surface area contributed by atoms with Crippen LogP contribution in [0.15, 0.2) is 4.60 Å². The van der Waals surface area contributed by atoms with Gasteiger partial charge in [-0.2, -0.15) is 5.10 Å². The van der Waals surface area contributed by atoms with Gasteiger partial charge < -0.3 is 9.64 Å². The summed E-state index contributed by atoms with van der Waals surface area (Å²) in [5.41, 5.74) is -0.293. The van der Waals surface area contributed by atoms with E-state index >= 15 is 0 Å². The Morgan fingerprint density at radius 2 is 2.10 bits per heavy atom. The Kier molecular flexibility index (Phi) is 3.72. The van der Waals surface area contributed by atoms with Gasteiger partial charge in [-0.1, -0.05) is 0 Å². The first kappa shape index (κ1) is 14.8. The standard InChI is InChI=1S/C11H15BrN4O4/c1-11(2,3)20-10(17)14-4-5-15-7(6-14)8(16(18)19)9(12)13-15/h4-6H2,1-3H3. The topological polar surface area (TPSA) is 90.5 Å². The molecule has 1 aromatic rings. The maximum absolute atomic E-state index is 12.0. The Hall–Kier alpha value is -1.64. The maximum Gasteiger partial charge on any atom is 0.410 e. The number of ether oxygens (including phenoxy) is 1. The van der Waals surface area contributed by atoms with Gasteiger partial charge in [0.15, 0.2) is 0 Å². The van der Waals surface area contributed by atoms with Crippen LogP contribution in [0, 0.1) is 10.1 Å². The molecule has 0 aromatic carbocycles. The predicted molar refractivity (Wildman–Crippen MR) is 73.2 cm³/mol. The molecule has 2 rings (SSSR count). The van der Waals surface area contributed by atoms with Gasteiger partial charge in [-0.15, -0.1) is 0 Å². The number of hydrogen-bond donors (Lipinski definition) is 0. The van der Waals surface area contributed by atoms with Crippen LogP contribution in [0.5, 0.6) is 0 Å². The molecule has 0 N–H and O–H groups in total. The van der Waals surface area contributed by atoms with Gasteiger partial charge in [0.1, 0.15) is 11.3 Å². The minimum Gasteiger partial charge on any atom is -0.444 e. The van der Waals surface area contributed by atoms with Crippen LogP contribution in [0.25, 0.3) is 0 Å². The lowest BCUT2D eigenvalue weighted by molar-refractivity contribution is -0.386. The highest BCUT2D eigenvalue weighted by molar-refractivity contribution is 9.10. The molecule has 110 valence electrons. The van der Waals surface area contributed by atoms with Gasteiger partial charge in [-0.05, 0) is 36.7 Å². The zero-order chi connectivity index (χ0) is 15.1. The van der Waals surface area contributed by atoms with Crippen LogP contribution in [0.4, 0.5) is 10.5 Å². The summed E-state index contributed by atoms with van der Waals surface area (Å²) < 4.78 is 7.00. The third-order valence-electron chi connectivity index (χ3n) is 2.75. The lowest BCUT2D eigenvalue weighted by Crippen LogP contribution is -2.41. The van der Waals surface area contributed by atoms with E-state index in [-0.39, 0.29) is 16.8 Å². The molecule has 0 atom stereocenters. The summed E-state index contributed by atoms with van der Waals surface area (Å²) >= 11 is 3.08. The predicted octanol–water partition coefficient (Wildman–Crippen LogP) is 2.30. The molecule has 9 heteroatoms. The second-order valence-corrected chi connectivity index (χ2v) is 6.22. The van der Waals surface area contributed by atoms with E-state index in [9.17, 15) is 14.9 Å². The van der Waals surface area contributed by atoms with E-state index < -0.39 is 16.6 Å². The highest BCUT2D eigenvalue weighted by Crippen LogP contribution is 2.31. The number of aromatic nitrogens is 2. The number of carbonyl (C=O) groups is 1. The van der Waals surface area contributed by atoms with Gasteiger partial charge in [0.2, 0.25) is 4.60 Å². The smallest absolute Gasteiger partial charge is 0.410 e. The van der Waals surface area contributed by atoms with Crippen molar-refractivity contribution in [3.8, 4) is 0 Å². The van der Waals surface area contributed by atoms with Crippen molar-refractivity contribution in [2.45, 2.75) is 39.5 Å². The Morgan fingerprint density at radius 1 is 1.45 bits per heavy atom. The van der Waals surface area contributed by atoms with Crippen molar-refractivity contribution >= 4 is 27.7 Å². The Balaban J connectivity index is 2.22. The average Bonchev–Trinajstić information content (AvgIpc) is 2.61. The van der Waals surface area contributed by atoms with Crippen molar-refractivity contribution in [2.75, 3.05) is 6.54 Å². The molecule has 1 aliphatic heterocycles. The number of hydrogen-bond acceptors (Lipinski definition) is 5. The van der Waals surface area contributed by atoms with E-state index in [1.807, 2.05) is 0 Å². The fraction of sp³-hybridized carbons (Fsp3) is 0.636. The molecule has 0 spiro atoms. The number of nitro groups is 1. The first-order valence-electron chi connectivity index (χ1n) is 6.06. The first-order valence-corrected chi connectivity index (χ1v) is 6.86. The normalized spacial score (nSPS) is 14.9. The molecular formula is C11H15BrN4O4. The molecule has 1 aliphatic rings. The van der Waals surface area contributed by atoms with Gasteiger partial charge in [-0.25, -0.2) is 4.79 Å². The summed E-state index contributed by atoms with van der Waals surface area (Å²) in [5, 5.41) is 15.1. The fourth-order valence-corrected chi connectivity index (χ4v) is 2.50. The van der Waals surface area contributed by atoms with Crippen molar-refractivity contribution in [3.63, 3.8) is 0 Å². The van der Waals surface area contributed by atoms with Gasteiger partial charge in [0, 0.05) is 6.54 Å². The van der Waals surface area contributed by atoms with Gasteiger partial charge in [-0.3, -0.25) is 14.8 Å². The molecule has 1 amide bonds. The maximum atomic E-state index is 12.0.